The van der Waals surface area contributed by atoms with Crippen molar-refractivity contribution in [2.24, 2.45) is 0 Å². The van der Waals surface area contributed by atoms with Crippen molar-refractivity contribution < 1.29 is 19.2 Å². The molecule has 6 nitrogen and oxygen atoms in total. The van der Waals surface area contributed by atoms with E-state index in [1.165, 1.54) is 6.92 Å². The molecule has 1 atom stereocenters. The molecular weight excluding hydrogens is 231 g/mol. The second kappa shape index (κ2) is 5.35. The number of rotatable bonds is 4. The number of hydrogen-bond acceptors (Lipinski definition) is 4. The number of carbonyl (C=O) groups is 1. The van der Waals surface area contributed by atoms with Crippen LogP contribution in [0, 0.1) is 15.9 Å². The third kappa shape index (κ3) is 3.22. The summed E-state index contributed by atoms with van der Waals surface area (Å²) in [5, 5.41) is 21.5. The third-order valence-corrected chi connectivity index (χ3v) is 2.06. The number of amides is 1. The SMILES string of the molecule is CC(CO)NC(=O)c1cc([N+](=O)[O-])ccc1F. The highest BCUT2D eigenvalue weighted by atomic mass is 19.1. The van der Waals surface area contributed by atoms with Crippen LogP contribution in [0.2, 0.25) is 0 Å². The summed E-state index contributed by atoms with van der Waals surface area (Å²) >= 11 is 0. The number of nitro benzene ring substituents is 1. The monoisotopic (exact) mass is 242 g/mol. The molecule has 0 aliphatic rings. The van der Waals surface area contributed by atoms with Gasteiger partial charge in [0.1, 0.15) is 5.82 Å². The number of carbonyl (C=O) groups excluding carboxylic acids is 1. The van der Waals surface area contributed by atoms with Crippen LogP contribution in [0.1, 0.15) is 17.3 Å². The van der Waals surface area contributed by atoms with Crippen molar-refractivity contribution in [2.45, 2.75) is 13.0 Å². The van der Waals surface area contributed by atoms with E-state index in [4.69, 9.17) is 5.11 Å². The molecule has 1 unspecified atom stereocenters. The highest BCUT2D eigenvalue weighted by Gasteiger charge is 2.17. The van der Waals surface area contributed by atoms with Gasteiger partial charge in [-0.3, -0.25) is 14.9 Å². The van der Waals surface area contributed by atoms with Gasteiger partial charge in [0.05, 0.1) is 17.1 Å². The zero-order chi connectivity index (χ0) is 13.0. The maximum absolute atomic E-state index is 13.3. The van der Waals surface area contributed by atoms with Crippen molar-refractivity contribution >= 4 is 11.6 Å². The van der Waals surface area contributed by atoms with Crippen LogP contribution >= 0.6 is 0 Å². The molecule has 1 amide bonds. The summed E-state index contributed by atoms with van der Waals surface area (Å²) in [4.78, 5) is 21.3. The lowest BCUT2D eigenvalue weighted by Crippen LogP contribution is -2.35. The third-order valence-electron chi connectivity index (χ3n) is 2.06. The van der Waals surface area contributed by atoms with Crippen LogP contribution in [0.4, 0.5) is 10.1 Å². The van der Waals surface area contributed by atoms with Gasteiger partial charge in [-0.2, -0.15) is 0 Å². The minimum Gasteiger partial charge on any atom is -0.394 e. The lowest BCUT2D eigenvalue weighted by Gasteiger charge is -2.10. The Hall–Kier alpha value is -2.02. The van der Waals surface area contributed by atoms with Gasteiger partial charge in [-0.15, -0.1) is 0 Å². The minimum absolute atomic E-state index is 0.303. The predicted molar refractivity (Wildman–Crippen MR) is 57.1 cm³/mol. The summed E-state index contributed by atoms with van der Waals surface area (Å²) in [6.45, 7) is 1.22. The topological polar surface area (TPSA) is 92.5 Å². The van der Waals surface area contributed by atoms with E-state index in [0.717, 1.165) is 18.2 Å². The van der Waals surface area contributed by atoms with Gasteiger partial charge in [-0.25, -0.2) is 4.39 Å². The number of nitrogens with one attached hydrogen (secondary N) is 1. The average molecular weight is 242 g/mol. The lowest BCUT2D eigenvalue weighted by molar-refractivity contribution is -0.384. The Balaban J connectivity index is 3.00. The van der Waals surface area contributed by atoms with Crippen molar-refractivity contribution in [3.63, 3.8) is 0 Å². The molecule has 0 saturated heterocycles. The van der Waals surface area contributed by atoms with Crippen molar-refractivity contribution in [1.29, 1.82) is 0 Å². The Labute approximate surface area is 96.2 Å². The molecule has 1 aromatic carbocycles. The predicted octanol–water partition coefficient (Wildman–Crippen LogP) is 0.845. The minimum atomic E-state index is -0.849. The van der Waals surface area contributed by atoms with E-state index >= 15 is 0 Å². The summed E-state index contributed by atoms with van der Waals surface area (Å²) < 4.78 is 13.3. The van der Waals surface area contributed by atoms with Gasteiger partial charge in [-0.1, -0.05) is 0 Å². The fraction of sp³-hybridized carbons (Fsp3) is 0.300. The molecule has 0 radical (unpaired) electrons. The molecule has 0 spiro atoms. The molecule has 17 heavy (non-hydrogen) atoms. The number of nitro groups is 1. The summed E-state index contributed by atoms with van der Waals surface area (Å²) in [6.07, 6.45) is 0. The first-order valence-electron chi connectivity index (χ1n) is 4.81. The largest absolute Gasteiger partial charge is 0.394 e. The van der Waals surface area contributed by atoms with Gasteiger partial charge < -0.3 is 10.4 Å². The molecule has 92 valence electrons. The zero-order valence-corrected chi connectivity index (χ0v) is 9.01. The van der Waals surface area contributed by atoms with Crippen LogP contribution in [0.15, 0.2) is 18.2 Å². The van der Waals surface area contributed by atoms with E-state index in [-0.39, 0.29) is 12.3 Å². The van der Waals surface area contributed by atoms with E-state index in [1.807, 2.05) is 0 Å². The number of non-ortho nitro benzene ring substituents is 1. The van der Waals surface area contributed by atoms with Crippen LogP contribution < -0.4 is 5.32 Å². The number of aliphatic hydroxyl groups is 1. The fourth-order valence-electron chi connectivity index (χ4n) is 1.15. The molecule has 0 aliphatic heterocycles. The lowest BCUT2D eigenvalue weighted by atomic mass is 10.1. The van der Waals surface area contributed by atoms with Gasteiger partial charge in [0.2, 0.25) is 0 Å². The van der Waals surface area contributed by atoms with E-state index in [1.54, 1.807) is 0 Å². The quantitative estimate of drug-likeness (QED) is 0.604. The second-order valence-electron chi connectivity index (χ2n) is 3.48. The standard InChI is InChI=1S/C10H11FN2O4/c1-6(5-14)12-10(15)8-4-7(13(16)17)2-3-9(8)11/h2-4,6,14H,5H2,1H3,(H,12,15). The number of aliphatic hydroxyl groups excluding tert-OH is 1. The Bertz CT molecular complexity index is 450. The van der Waals surface area contributed by atoms with Gasteiger partial charge in [-0.05, 0) is 13.0 Å². The Morgan fingerprint density at radius 3 is 2.82 bits per heavy atom. The summed E-state index contributed by atoms with van der Waals surface area (Å²) in [7, 11) is 0. The Kier molecular flexibility index (Phi) is 4.11. The molecule has 0 heterocycles. The van der Waals surface area contributed by atoms with Crippen molar-refractivity contribution in [3.8, 4) is 0 Å². The van der Waals surface area contributed by atoms with Gasteiger partial charge in [0.15, 0.2) is 0 Å². The molecular formula is C10H11FN2O4. The van der Waals surface area contributed by atoms with Crippen molar-refractivity contribution in [1.82, 2.24) is 5.32 Å². The Morgan fingerprint density at radius 1 is 1.65 bits per heavy atom. The second-order valence-corrected chi connectivity index (χ2v) is 3.48. The summed E-state index contributed by atoms with van der Waals surface area (Å²) in [6, 6.07) is 2.13. The average Bonchev–Trinajstić information content (AvgIpc) is 2.28. The smallest absolute Gasteiger partial charge is 0.270 e. The van der Waals surface area contributed by atoms with E-state index in [0.29, 0.717) is 0 Å². The fourth-order valence-corrected chi connectivity index (χ4v) is 1.15. The summed E-state index contributed by atoms with van der Waals surface area (Å²) in [5.74, 6) is -1.65. The zero-order valence-electron chi connectivity index (χ0n) is 9.01. The molecule has 7 heteroatoms. The molecule has 0 bridgehead atoms. The number of hydrogen-bond donors (Lipinski definition) is 2. The van der Waals surface area contributed by atoms with E-state index < -0.39 is 28.3 Å². The van der Waals surface area contributed by atoms with Crippen LogP contribution in [0.25, 0.3) is 0 Å². The van der Waals surface area contributed by atoms with Crippen LogP contribution in [-0.2, 0) is 0 Å². The Morgan fingerprint density at radius 2 is 2.29 bits per heavy atom. The molecule has 0 saturated carbocycles. The molecule has 0 aliphatic carbocycles. The summed E-state index contributed by atoms with van der Waals surface area (Å²) in [5.41, 5.74) is -0.785. The highest BCUT2D eigenvalue weighted by Crippen LogP contribution is 2.16. The maximum atomic E-state index is 13.3. The van der Waals surface area contributed by atoms with E-state index in [9.17, 15) is 19.3 Å². The molecule has 2 N–H and O–H groups in total. The van der Waals surface area contributed by atoms with Crippen LogP contribution in [0.5, 0.6) is 0 Å². The first-order valence-corrected chi connectivity index (χ1v) is 4.81. The van der Waals surface area contributed by atoms with Crippen molar-refractivity contribution in [2.75, 3.05) is 6.61 Å². The van der Waals surface area contributed by atoms with Crippen molar-refractivity contribution in [3.05, 3.63) is 39.7 Å². The van der Waals surface area contributed by atoms with E-state index in [2.05, 4.69) is 5.32 Å². The molecule has 0 fully saturated rings. The first-order chi connectivity index (χ1) is 7.95. The van der Waals surface area contributed by atoms with Crippen LogP contribution in [-0.4, -0.2) is 28.6 Å². The molecule has 1 aromatic rings. The van der Waals surface area contributed by atoms with Crippen LogP contribution in [0.3, 0.4) is 0 Å². The highest BCUT2D eigenvalue weighted by molar-refractivity contribution is 5.95. The number of benzene rings is 1. The molecule has 0 aromatic heterocycles. The normalized spacial score (nSPS) is 11.9. The first kappa shape index (κ1) is 13.0. The van der Waals surface area contributed by atoms with Gasteiger partial charge in [0.25, 0.3) is 11.6 Å². The number of nitrogens with zero attached hydrogens (tertiary/aromatic N) is 1. The van der Waals surface area contributed by atoms with Gasteiger partial charge >= 0.3 is 0 Å². The van der Waals surface area contributed by atoms with Gasteiger partial charge in [0, 0.05) is 18.2 Å². The number of halogens is 1. The maximum Gasteiger partial charge on any atom is 0.270 e. The molecule has 1 rings (SSSR count).